The Hall–Kier alpha value is -1.13. The first kappa shape index (κ1) is 12.9. The summed E-state index contributed by atoms with van der Waals surface area (Å²) < 4.78 is 0. The molecule has 1 heterocycles. The molecule has 1 amide bonds. The summed E-state index contributed by atoms with van der Waals surface area (Å²) in [5, 5.41) is 3.16. The molecule has 0 bridgehead atoms. The van der Waals surface area contributed by atoms with Crippen molar-refractivity contribution < 1.29 is 4.79 Å². The molecule has 4 nitrogen and oxygen atoms in total. The molecule has 3 N–H and O–H groups in total. The van der Waals surface area contributed by atoms with Crippen molar-refractivity contribution in [2.75, 3.05) is 11.9 Å². The van der Waals surface area contributed by atoms with E-state index in [1.165, 1.54) is 6.20 Å². The number of nitrogens with zero attached hydrogens (tertiary/aromatic N) is 1. The standard InChI is InChI=1S/C11H16ClN3O/c1-8(6-13)2-5-11(16)15-9-3-4-10(12)14-7-9/h3-4,7-8H,2,5-6,13H2,1H3,(H,15,16). The summed E-state index contributed by atoms with van der Waals surface area (Å²) in [6, 6.07) is 3.36. The molecular weight excluding hydrogens is 226 g/mol. The van der Waals surface area contributed by atoms with E-state index in [1.807, 2.05) is 6.92 Å². The highest BCUT2D eigenvalue weighted by Crippen LogP contribution is 2.11. The Morgan fingerprint density at radius 2 is 2.38 bits per heavy atom. The van der Waals surface area contributed by atoms with Gasteiger partial charge in [-0.05, 0) is 31.0 Å². The summed E-state index contributed by atoms with van der Waals surface area (Å²) in [5.74, 6) is 0.346. The molecule has 0 spiro atoms. The van der Waals surface area contributed by atoms with Crippen LogP contribution in [0.3, 0.4) is 0 Å². The van der Waals surface area contributed by atoms with Crippen LogP contribution in [0.4, 0.5) is 5.69 Å². The highest BCUT2D eigenvalue weighted by Gasteiger charge is 2.05. The van der Waals surface area contributed by atoms with Crippen LogP contribution in [0.25, 0.3) is 0 Å². The zero-order chi connectivity index (χ0) is 12.0. The molecule has 0 radical (unpaired) electrons. The van der Waals surface area contributed by atoms with Gasteiger partial charge in [0.2, 0.25) is 5.91 Å². The van der Waals surface area contributed by atoms with Crippen LogP contribution in [0.2, 0.25) is 5.15 Å². The third-order valence-corrected chi connectivity index (χ3v) is 2.50. The molecule has 1 aromatic rings. The van der Waals surface area contributed by atoms with Crippen LogP contribution >= 0.6 is 11.6 Å². The van der Waals surface area contributed by atoms with E-state index in [9.17, 15) is 4.79 Å². The molecule has 5 heteroatoms. The third kappa shape index (κ3) is 4.59. The van der Waals surface area contributed by atoms with E-state index in [1.54, 1.807) is 12.1 Å². The molecular formula is C11H16ClN3O. The van der Waals surface area contributed by atoms with E-state index in [4.69, 9.17) is 17.3 Å². The molecule has 0 saturated carbocycles. The third-order valence-electron chi connectivity index (χ3n) is 2.28. The lowest BCUT2D eigenvalue weighted by Gasteiger charge is -2.08. The van der Waals surface area contributed by atoms with Gasteiger partial charge in [-0.2, -0.15) is 0 Å². The van der Waals surface area contributed by atoms with Gasteiger partial charge >= 0.3 is 0 Å². The van der Waals surface area contributed by atoms with E-state index in [-0.39, 0.29) is 5.91 Å². The van der Waals surface area contributed by atoms with E-state index in [0.29, 0.717) is 29.7 Å². The number of hydrogen-bond acceptors (Lipinski definition) is 3. The number of amides is 1. The van der Waals surface area contributed by atoms with Crippen LogP contribution in [0.5, 0.6) is 0 Å². The summed E-state index contributed by atoms with van der Waals surface area (Å²) in [4.78, 5) is 15.4. The average Bonchev–Trinajstić information content (AvgIpc) is 2.29. The molecule has 0 aliphatic rings. The molecule has 0 aliphatic carbocycles. The highest BCUT2D eigenvalue weighted by atomic mass is 35.5. The van der Waals surface area contributed by atoms with Gasteiger partial charge in [0.15, 0.2) is 0 Å². The van der Waals surface area contributed by atoms with Crippen LogP contribution in [-0.2, 0) is 4.79 Å². The number of carbonyl (C=O) groups excluding carboxylic acids is 1. The molecule has 88 valence electrons. The number of aromatic nitrogens is 1. The van der Waals surface area contributed by atoms with Gasteiger partial charge in [-0.1, -0.05) is 18.5 Å². The van der Waals surface area contributed by atoms with E-state index < -0.39 is 0 Å². The van der Waals surface area contributed by atoms with Crippen molar-refractivity contribution in [2.24, 2.45) is 11.7 Å². The van der Waals surface area contributed by atoms with Crippen LogP contribution < -0.4 is 11.1 Å². The average molecular weight is 242 g/mol. The van der Waals surface area contributed by atoms with Crippen molar-refractivity contribution in [1.82, 2.24) is 4.98 Å². The number of rotatable bonds is 5. The molecule has 1 unspecified atom stereocenters. The number of anilines is 1. The van der Waals surface area contributed by atoms with Crippen molar-refractivity contribution in [3.8, 4) is 0 Å². The quantitative estimate of drug-likeness (QED) is 0.776. The lowest BCUT2D eigenvalue weighted by molar-refractivity contribution is -0.116. The smallest absolute Gasteiger partial charge is 0.224 e. The predicted octanol–water partition coefficient (Wildman–Crippen LogP) is 2.05. The topological polar surface area (TPSA) is 68.0 Å². The minimum atomic E-state index is -0.0237. The Balaban J connectivity index is 2.37. The largest absolute Gasteiger partial charge is 0.330 e. The molecule has 16 heavy (non-hydrogen) atoms. The van der Waals surface area contributed by atoms with Crippen molar-refractivity contribution in [3.63, 3.8) is 0 Å². The van der Waals surface area contributed by atoms with Crippen molar-refractivity contribution in [3.05, 3.63) is 23.5 Å². The summed E-state index contributed by atoms with van der Waals surface area (Å²) in [6.07, 6.45) is 2.80. The molecule has 1 atom stereocenters. The second-order valence-electron chi connectivity index (χ2n) is 3.80. The van der Waals surface area contributed by atoms with E-state index in [2.05, 4.69) is 10.3 Å². The minimum absolute atomic E-state index is 0.0237. The van der Waals surface area contributed by atoms with Gasteiger partial charge in [-0.3, -0.25) is 4.79 Å². The Morgan fingerprint density at radius 3 is 2.94 bits per heavy atom. The predicted molar refractivity (Wildman–Crippen MR) is 65.3 cm³/mol. The van der Waals surface area contributed by atoms with Gasteiger partial charge in [-0.15, -0.1) is 0 Å². The number of pyridine rings is 1. The number of nitrogens with one attached hydrogen (secondary N) is 1. The second-order valence-corrected chi connectivity index (χ2v) is 4.18. The summed E-state index contributed by atoms with van der Waals surface area (Å²) in [5.41, 5.74) is 6.13. The molecule has 0 aromatic carbocycles. The summed E-state index contributed by atoms with van der Waals surface area (Å²) >= 11 is 5.63. The number of halogens is 1. The Morgan fingerprint density at radius 1 is 1.62 bits per heavy atom. The summed E-state index contributed by atoms with van der Waals surface area (Å²) in [7, 11) is 0. The maximum Gasteiger partial charge on any atom is 0.224 e. The van der Waals surface area contributed by atoms with Crippen LogP contribution in [0.1, 0.15) is 19.8 Å². The Bertz CT molecular complexity index is 340. The fraction of sp³-hybridized carbons (Fsp3) is 0.455. The molecule has 0 fully saturated rings. The van der Waals surface area contributed by atoms with Gasteiger partial charge in [0.05, 0.1) is 11.9 Å². The Labute approximate surface area is 100 Å². The first-order chi connectivity index (χ1) is 7.61. The second kappa shape index (κ2) is 6.45. The summed E-state index contributed by atoms with van der Waals surface area (Å²) in [6.45, 7) is 2.63. The maximum absolute atomic E-state index is 11.5. The molecule has 1 aromatic heterocycles. The van der Waals surface area contributed by atoms with Crippen molar-refractivity contribution in [2.45, 2.75) is 19.8 Å². The van der Waals surface area contributed by atoms with Gasteiger partial charge < -0.3 is 11.1 Å². The first-order valence-electron chi connectivity index (χ1n) is 5.23. The number of hydrogen-bond donors (Lipinski definition) is 2. The van der Waals surface area contributed by atoms with Crippen LogP contribution in [-0.4, -0.2) is 17.4 Å². The fourth-order valence-electron chi connectivity index (χ4n) is 1.17. The van der Waals surface area contributed by atoms with Gasteiger partial charge in [0.1, 0.15) is 5.15 Å². The van der Waals surface area contributed by atoms with Crippen LogP contribution in [0.15, 0.2) is 18.3 Å². The van der Waals surface area contributed by atoms with Gasteiger partial charge in [0.25, 0.3) is 0 Å². The maximum atomic E-state index is 11.5. The first-order valence-corrected chi connectivity index (χ1v) is 5.61. The Kier molecular flexibility index (Phi) is 5.22. The lowest BCUT2D eigenvalue weighted by atomic mass is 10.1. The van der Waals surface area contributed by atoms with Crippen molar-refractivity contribution >= 4 is 23.2 Å². The fourth-order valence-corrected chi connectivity index (χ4v) is 1.28. The van der Waals surface area contributed by atoms with E-state index in [0.717, 1.165) is 6.42 Å². The van der Waals surface area contributed by atoms with Crippen molar-refractivity contribution in [1.29, 1.82) is 0 Å². The molecule has 0 saturated heterocycles. The van der Waals surface area contributed by atoms with Gasteiger partial charge in [0, 0.05) is 6.42 Å². The number of nitrogens with two attached hydrogens (primary N) is 1. The monoisotopic (exact) mass is 241 g/mol. The lowest BCUT2D eigenvalue weighted by Crippen LogP contribution is -2.16. The highest BCUT2D eigenvalue weighted by molar-refractivity contribution is 6.29. The van der Waals surface area contributed by atoms with E-state index >= 15 is 0 Å². The zero-order valence-corrected chi connectivity index (χ0v) is 10.00. The normalized spacial score (nSPS) is 12.2. The molecule has 1 rings (SSSR count). The number of carbonyl (C=O) groups is 1. The van der Waals surface area contributed by atoms with Crippen LogP contribution in [0, 0.1) is 5.92 Å². The molecule has 0 aliphatic heterocycles. The zero-order valence-electron chi connectivity index (χ0n) is 9.24. The van der Waals surface area contributed by atoms with Gasteiger partial charge in [-0.25, -0.2) is 4.98 Å². The SMILES string of the molecule is CC(CN)CCC(=O)Nc1ccc(Cl)nc1. The minimum Gasteiger partial charge on any atom is -0.330 e.